The molecule has 1 unspecified atom stereocenters. The van der Waals surface area contributed by atoms with Crippen LogP contribution in [-0.4, -0.2) is 64.8 Å². The van der Waals surface area contributed by atoms with Crippen molar-refractivity contribution in [2.24, 2.45) is 0 Å². The average Bonchev–Trinajstić information content (AvgIpc) is 2.72. The van der Waals surface area contributed by atoms with Crippen LogP contribution in [0, 0.1) is 0 Å². The minimum Gasteiger partial charge on any atom is -0.466 e. The minimum atomic E-state index is -0.676. The van der Waals surface area contributed by atoms with Gasteiger partial charge in [0.05, 0.1) is 19.1 Å². The van der Waals surface area contributed by atoms with Crippen molar-refractivity contribution in [3.05, 3.63) is 35.9 Å². The third-order valence-corrected chi connectivity index (χ3v) is 5.38. The molecule has 1 saturated heterocycles. The summed E-state index contributed by atoms with van der Waals surface area (Å²) in [6, 6.07) is 8.78. The number of hydrogen-bond donors (Lipinski definition) is 0. The number of esters is 1. The lowest BCUT2D eigenvalue weighted by atomic mass is 9.94. The van der Waals surface area contributed by atoms with Gasteiger partial charge in [-0.15, -0.1) is 0 Å². The molecule has 2 amide bonds. The molecule has 8 heteroatoms. The van der Waals surface area contributed by atoms with Crippen molar-refractivity contribution in [2.75, 3.05) is 13.2 Å². The Morgan fingerprint density at radius 1 is 1.09 bits per heavy atom. The van der Waals surface area contributed by atoms with Crippen molar-refractivity contribution in [3.8, 4) is 0 Å². The van der Waals surface area contributed by atoms with Gasteiger partial charge >= 0.3 is 18.2 Å². The maximum absolute atomic E-state index is 13.0. The fraction of sp³-hybridized carbons (Fsp3) is 0.640. The summed E-state index contributed by atoms with van der Waals surface area (Å²) in [6.45, 7) is 11.7. The fourth-order valence-electron chi connectivity index (χ4n) is 3.98. The van der Waals surface area contributed by atoms with E-state index in [1.165, 1.54) is 0 Å². The summed E-state index contributed by atoms with van der Waals surface area (Å²) in [4.78, 5) is 41.4. The molecule has 0 aliphatic carbocycles. The van der Waals surface area contributed by atoms with Crippen molar-refractivity contribution < 1.29 is 28.6 Å². The van der Waals surface area contributed by atoms with E-state index in [9.17, 15) is 14.4 Å². The molecular weight excluding hydrogens is 424 g/mol. The molecule has 33 heavy (non-hydrogen) atoms. The zero-order chi connectivity index (χ0) is 24.6. The number of piperidine rings is 1. The van der Waals surface area contributed by atoms with Gasteiger partial charge < -0.3 is 24.0 Å². The lowest BCUT2D eigenvalue weighted by Crippen LogP contribution is -2.58. The van der Waals surface area contributed by atoms with Crippen LogP contribution in [0.15, 0.2) is 30.3 Å². The van der Waals surface area contributed by atoms with Gasteiger partial charge in [-0.05, 0) is 59.9 Å². The highest BCUT2D eigenvalue weighted by molar-refractivity contribution is 5.73. The lowest BCUT2D eigenvalue weighted by Gasteiger charge is -2.44. The first-order valence-corrected chi connectivity index (χ1v) is 11.7. The Morgan fingerprint density at radius 3 is 2.33 bits per heavy atom. The highest BCUT2D eigenvalue weighted by Gasteiger charge is 2.40. The second-order valence-electron chi connectivity index (χ2n) is 9.57. The molecule has 0 spiro atoms. The molecule has 0 saturated carbocycles. The first-order chi connectivity index (χ1) is 15.5. The Labute approximate surface area is 197 Å². The minimum absolute atomic E-state index is 0.0972. The number of carbonyl (C=O) groups is 3. The fourth-order valence-corrected chi connectivity index (χ4v) is 3.98. The van der Waals surface area contributed by atoms with Crippen LogP contribution in [0.3, 0.4) is 0 Å². The molecule has 1 aliphatic heterocycles. The van der Waals surface area contributed by atoms with E-state index >= 15 is 0 Å². The van der Waals surface area contributed by atoms with Crippen LogP contribution in [0.4, 0.5) is 9.59 Å². The first-order valence-electron chi connectivity index (χ1n) is 11.7. The van der Waals surface area contributed by atoms with Crippen LogP contribution in [-0.2, 0) is 25.6 Å². The van der Waals surface area contributed by atoms with Gasteiger partial charge in [-0.1, -0.05) is 30.3 Å². The summed E-state index contributed by atoms with van der Waals surface area (Å²) in [6.07, 6.45) is 0.370. The molecule has 2 rings (SSSR count). The quantitative estimate of drug-likeness (QED) is 0.429. The molecular formula is C25H38N2O6. The van der Waals surface area contributed by atoms with E-state index in [0.29, 0.717) is 12.8 Å². The molecule has 1 heterocycles. The number of ether oxygens (including phenoxy) is 3. The van der Waals surface area contributed by atoms with E-state index in [0.717, 1.165) is 5.56 Å². The number of carbonyl (C=O) groups excluding carboxylic acids is 3. The molecule has 0 bridgehead atoms. The summed E-state index contributed by atoms with van der Waals surface area (Å²) < 4.78 is 16.3. The molecule has 0 aromatic heterocycles. The zero-order valence-corrected chi connectivity index (χ0v) is 20.7. The second kappa shape index (κ2) is 11.9. The summed E-state index contributed by atoms with van der Waals surface area (Å²) in [7, 11) is 0. The molecule has 184 valence electrons. The van der Waals surface area contributed by atoms with Gasteiger partial charge in [0.1, 0.15) is 12.2 Å². The van der Waals surface area contributed by atoms with Gasteiger partial charge in [-0.3, -0.25) is 4.79 Å². The molecule has 1 fully saturated rings. The Morgan fingerprint density at radius 2 is 1.76 bits per heavy atom. The van der Waals surface area contributed by atoms with Crippen molar-refractivity contribution in [2.45, 2.75) is 91.1 Å². The van der Waals surface area contributed by atoms with E-state index in [1.54, 1.807) is 37.5 Å². The maximum Gasteiger partial charge on any atom is 0.410 e. The Bertz CT molecular complexity index is 790. The first kappa shape index (κ1) is 26.5. The normalized spacial score (nSPS) is 18.6. The van der Waals surface area contributed by atoms with Crippen LogP contribution >= 0.6 is 0 Å². The molecule has 0 radical (unpaired) electrons. The third-order valence-electron chi connectivity index (χ3n) is 5.38. The van der Waals surface area contributed by atoms with Crippen molar-refractivity contribution in [3.63, 3.8) is 0 Å². The predicted molar refractivity (Wildman–Crippen MR) is 125 cm³/mol. The van der Waals surface area contributed by atoms with Gasteiger partial charge in [0.2, 0.25) is 0 Å². The largest absolute Gasteiger partial charge is 0.466 e. The number of benzene rings is 1. The second-order valence-corrected chi connectivity index (χ2v) is 9.57. The van der Waals surface area contributed by atoms with Gasteiger partial charge in [0.25, 0.3) is 0 Å². The smallest absolute Gasteiger partial charge is 0.410 e. The third kappa shape index (κ3) is 8.26. The molecule has 1 aromatic rings. The highest BCUT2D eigenvalue weighted by atomic mass is 16.6. The lowest BCUT2D eigenvalue weighted by molar-refractivity contribution is -0.145. The highest BCUT2D eigenvalue weighted by Crippen LogP contribution is 2.27. The van der Waals surface area contributed by atoms with Gasteiger partial charge in [-0.25, -0.2) is 9.59 Å². The van der Waals surface area contributed by atoms with Gasteiger partial charge in [0, 0.05) is 18.6 Å². The monoisotopic (exact) mass is 462 g/mol. The van der Waals surface area contributed by atoms with Crippen LogP contribution < -0.4 is 0 Å². The zero-order valence-electron chi connectivity index (χ0n) is 20.7. The van der Waals surface area contributed by atoms with Crippen LogP contribution in [0.25, 0.3) is 0 Å². The number of hydrogen-bond acceptors (Lipinski definition) is 6. The van der Waals surface area contributed by atoms with Crippen LogP contribution in [0.2, 0.25) is 0 Å². The van der Waals surface area contributed by atoms with E-state index in [2.05, 4.69) is 0 Å². The van der Waals surface area contributed by atoms with Crippen molar-refractivity contribution in [1.82, 2.24) is 9.80 Å². The maximum atomic E-state index is 13.0. The predicted octanol–water partition coefficient (Wildman–Crippen LogP) is 4.75. The van der Waals surface area contributed by atoms with Crippen LogP contribution in [0.1, 0.15) is 66.4 Å². The van der Waals surface area contributed by atoms with Gasteiger partial charge in [-0.2, -0.15) is 0 Å². The molecule has 2 atom stereocenters. The number of amides is 2. The number of nitrogens with zero attached hydrogens (tertiary/aromatic N) is 2. The standard InChI is InChI=1S/C25H38N2O6/c1-7-31-22(28)15-20-13-14-21(16-26(20)23(29)33-25(4,5)6)27(18(2)3)24(30)32-17-19-11-9-8-10-12-19/h8-12,18,20-21H,7,13-17H2,1-6H3/t20?,21-/m1/s1. The summed E-state index contributed by atoms with van der Waals surface area (Å²) in [5, 5.41) is 0. The Hall–Kier alpha value is -2.77. The Kier molecular flexibility index (Phi) is 9.56. The number of likely N-dealkylation sites (tertiary alicyclic amines) is 1. The molecule has 1 aromatic carbocycles. The number of rotatable bonds is 7. The average molecular weight is 463 g/mol. The van der Waals surface area contributed by atoms with Crippen LogP contribution in [0.5, 0.6) is 0 Å². The summed E-state index contributed by atoms with van der Waals surface area (Å²) in [5.41, 5.74) is 0.230. The van der Waals surface area contributed by atoms with Crippen molar-refractivity contribution >= 4 is 18.2 Å². The Balaban J connectivity index is 2.15. The van der Waals surface area contributed by atoms with Gasteiger partial charge in [0.15, 0.2) is 0 Å². The molecule has 0 N–H and O–H groups in total. The SMILES string of the molecule is CCOC(=O)CC1CC[C@@H](N(C(=O)OCc2ccccc2)C(C)C)CN1C(=O)OC(C)(C)C. The van der Waals surface area contributed by atoms with E-state index in [1.807, 2.05) is 44.2 Å². The molecule has 8 nitrogen and oxygen atoms in total. The topological polar surface area (TPSA) is 85.4 Å². The molecule has 1 aliphatic rings. The van der Waals surface area contributed by atoms with E-state index in [4.69, 9.17) is 14.2 Å². The summed E-state index contributed by atoms with van der Waals surface area (Å²) in [5.74, 6) is -0.350. The van der Waals surface area contributed by atoms with E-state index in [-0.39, 0.29) is 50.3 Å². The summed E-state index contributed by atoms with van der Waals surface area (Å²) >= 11 is 0. The van der Waals surface area contributed by atoms with Crippen molar-refractivity contribution in [1.29, 1.82) is 0 Å². The van der Waals surface area contributed by atoms with E-state index < -0.39 is 17.8 Å².